The van der Waals surface area contributed by atoms with Gasteiger partial charge in [0, 0.05) is 6.07 Å². The van der Waals surface area contributed by atoms with Gasteiger partial charge in [0.05, 0.1) is 5.25 Å². The Balaban J connectivity index is 2.38. The third-order valence-corrected chi connectivity index (χ3v) is 3.60. The molecule has 1 aromatic heterocycles. The molecule has 2 N–H and O–H groups in total. The zero-order valence-electron chi connectivity index (χ0n) is 7.90. The van der Waals surface area contributed by atoms with E-state index in [2.05, 4.69) is 9.97 Å². The Hall–Kier alpha value is -1.30. The number of carboxylic acid groups (broad SMARTS) is 1. The highest BCUT2D eigenvalue weighted by atomic mass is 32.2. The van der Waals surface area contributed by atoms with Crippen LogP contribution in [0.5, 0.6) is 0 Å². The number of rotatable bonds is 2. The van der Waals surface area contributed by atoms with E-state index in [-0.39, 0.29) is 10.9 Å². The SMILES string of the molecule is O=C(O)c1cc(=O)[nH]c(C2CCCS2)n1. The number of hydrogen-bond acceptors (Lipinski definition) is 4. The Bertz CT molecular complexity index is 437. The summed E-state index contributed by atoms with van der Waals surface area (Å²) < 4.78 is 0. The summed E-state index contributed by atoms with van der Waals surface area (Å²) in [6.07, 6.45) is 2.02. The summed E-state index contributed by atoms with van der Waals surface area (Å²) in [5, 5.41) is 8.89. The molecule has 0 bridgehead atoms. The van der Waals surface area contributed by atoms with Crippen LogP contribution >= 0.6 is 11.8 Å². The quantitative estimate of drug-likeness (QED) is 0.787. The van der Waals surface area contributed by atoms with Gasteiger partial charge >= 0.3 is 5.97 Å². The summed E-state index contributed by atoms with van der Waals surface area (Å²) in [6.45, 7) is 0. The molecule has 0 spiro atoms. The van der Waals surface area contributed by atoms with Crippen molar-refractivity contribution in [1.82, 2.24) is 9.97 Å². The number of aromatic amines is 1. The fourth-order valence-electron chi connectivity index (χ4n) is 1.53. The summed E-state index contributed by atoms with van der Waals surface area (Å²) in [5.41, 5.74) is -0.578. The molecule has 2 rings (SSSR count). The Labute approximate surface area is 89.9 Å². The van der Waals surface area contributed by atoms with E-state index in [4.69, 9.17) is 5.11 Å². The summed E-state index contributed by atoms with van der Waals surface area (Å²) in [4.78, 5) is 28.4. The van der Waals surface area contributed by atoms with Crippen molar-refractivity contribution in [3.63, 3.8) is 0 Å². The lowest BCUT2D eigenvalue weighted by Crippen LogP contribution is -2.16. The van der Waals surface area contributed by atoms with Crippen molar-refractivity contribution in [2.75, 3.05) is 5.75 Å². The number of H-pyrrole nitrogens is 1. The molecule has 1 aromatic rings. The number of hydrogen-bond donors (Lipinski definition) is 2. The number of carbonyl (C=O) groups is 1. The first-order chi connectivity index (χ1) is 7.16. The van der Waals surface area contributed by atoms with Crippen LogP contribution in [-0.2, 0) is 0 Å². The smallest absolute Gasteiger partial charge is 0.354 e. The molecule has 1 aliphatic heterocycles. The maximum absolute atomic E-state index is 11.2. The van der Waals surface area contributed by atoms with Gasteiger partial charge in [0.15, 0.2) is 5.69 Å². The van der Waals surface area contributed by atoms with Crippen LogP contribution in [0.3, 0.4) is 0 Å². The van der Waals surface area contributed by atoms with Crippen LogP contribution in [-0.4, -0.2) is 26.8 Å². The van der Waals surface area contributed by atoms with Crippen LogP contribution < -0.4 is 5.56 Å². The minimum absolute atomic E-state index is 0.136. The maximum Gasteiger partial charge on any atom is 0.354 e. The first-order valence-electron chi connectivity index (χ1n) is 4.63. The predicted molar refractivity (Wildman–Crippen MR) is 56.3 cm³/mol. The lowest BCUT2D eigenvalue weighted by molar-refractivity contribution is 0.0689. The maximum atomic E-state index is 11.2. The van der Waals surface area contributed by atoms with E-state index >= 15 is 0 Å². The van der Waals surface area contributed by atoms with Gasteiger partial charge in [-0.3, -0.25) is 4.79 Å². The van der Waals surface area contributed by atoms with Crippen molar-refractivity contribution in [2.24, 2.45) is 0 Å². The molecule has 80 valence electrons. The summed E-state index contributed by atoms with van der Waals surface area (Å²) in [5.74, 6) is 0.360. The van der Waals surface area contributed by atoms with Crippen molar-refractivity contribution in [1.29, 1.82) is 0 Å². The second-order valence-electron chi connectivity index (χ2n) is 3.32. The zero-order valence-corrected chi connectivity index (χ0v) is 8.71. The Morgan fingerprint density at radius 3 is 3.07 bits per heavy atom. The van der Waals surface area contributed by atoms with Crippen molar-refractivity contribution in [2.45, 2.75) is 18.1 Å². The van der Waals surface area contributed by atoms with Gasteiger partial charge in [0.1, 0.15) is 5.82 Å². The third kappa shape index (κ3) is 2.20. The van der Waals surface area contributed by atoms with Gasteiger partial charge in [-0.2, -0.15) is 11.8 Å². The first kappa shape index (κ1) is 10.2. The summed E-state index contributed by atoms with van der Waals surface area (Å²) in [7, 11) is 0. The Kier molecular flexibility index (Phi) is 2.77. The van der Waals surface area contributed by atoms with Crippen LogP contribution in [0.25, 0.3) is 0 Å². The standard InChI is InChI=1S/C9H10N2O3S/c12-7-4-5(9(13)14)10-8(11-7)6-2-1-3-15-6/h4,6H,1-3H2,(H,13,14)(H,10,11,12). The molecule has 1 fully saturated rings. The lowest BCUT2D eigenvalue weighted by atomic mass is 10.2. The highest BCUT2D eigenvalue weighted by Gasteiger charge is 2.21. The molecule has 5 nitrogen and oxygen atoms in total. The molecule has 2 heterocycles. The molecule has 6 heteroatoms. The van der Waals surface area contributed by atoms with Crippen molar-refractivity contribution in [3.8, 4) is 0 Å². The number of carboxylic acids is 1. The summed E-state index contributed by atoms with van der Waals surface area (Å²) in [6, 6.07) is 1.01. The zero-order chi connectivity index (χ0) is 10.8. The molecule has 0 aliphatic carbocycles. The van der Waals surface area contributed by atoms with E-state index in [1.54, 1.807) is 11.8 Å². The fourth-order valence-corrected chi connectivity index (χ4v) is 2.75. The molecule has 0 aromatic carbocycles. The molecule has 1 atom stereocenters. The number of nitrogens with zero attached hydrogens (tertiary/aromatic N) is 1. The molecule has 0 radical (unpaired) electrons. The van der Waals surface area contributed by atoms with E-state index in [0.29, 0.717) is 5.82 Å². The highest BCUT2D eigenvalue weighted by Crippen LogP contribution is 2.37. The molecule has 1 saturated heterocycles. The van der Waals surface area contributed by atoms with Crippen LogP contribution in [0.1, 0.15) is 34.4 Å². The average Bonchev–Trinajstić information content (AvgIpc) is 2.69. The second kappa shape index (κ2) is 4.06. The monoisotopic (exact) mass is 226 g/mol. The van der Waals surface area contributed by atoms with Gasteiger partial charge in [0.2, 0.25) is 0 Å². The van der Waals surface area contributed by atoms with Gasteiger partial charge in [-0.25, -0.2) is 9.78 Å². The van der Waals surface area contributed by atoms with E-state index in [9.17, 15) is 9.59 Å². The van der Waals surface area contributed by atoms with E-state index in [1.165, 1.54) is 0 Å². The molecule has 0 amide bonds. The van der Waals surface area contributed by atoms with Crippen molar-refractivity contribution < 1.29 is 9.90 Å². The predicted octanol–water partition coefficient (Wildman–Crippen LogP) is 1.04. The first-order valence-corrected chi connectivity index (χ1v) is 5.68. The van der Waals surface area contributed by atoms with E-state index < -0.39 is 11.5 Å². The van der Waals surface area contributed by atoms with Gasteiger partial charge in [-0.05, 0) is 18.6 Å². The molecule has 1 unspecified atom stereocenters. The van der Waals surface area contributed by atoms with Gasteiger partial charge in [0.25, 0.3) is 5.56 Å². The summed E-state index contributed by atoms with van der Waals surface area (Å²) >= 11 is 1.70. The van der Waals surface area contributed by atoms with E-state index in [0.717, 1.165) is 24.7 Å². The largest absolute Gasteiger partial charge is 0.477 e. The second-order valence-corrected chi connectivity index (χ2v) is 4.63. The van der Waals surface area contributed by atoms with Gasteiger partial charge < -0.3 is 10.1 Å². The number of nitrogens with one attached hydrogen (secondary N) is 1. The van der Waals surface area contributed by atoms with Crippen LogP contribution in [0.4, 0.5) is 0 Å². The van der Waals surface area contributed by atoms with Crippen LogP contribution in [0.2, 0.25) is 0 Å². The molecule has 0 saturated carbocycles. The molecular weight excluding hydrogens is 216 g/mol. The highest BCUT2D eigenvalue weighted by molar-refractivity contribution is 7.99. The minimum Gasteiger partial charge on any atom is -0.477 e. The molecule has 15 heavy (non-hydrogen) atoms. The third-order valence-electron chi connectivity index (χ3n) is 2.21. The van der Waals surface area contributed by atoms with E-state index in [1.807, 2.05) is 0 Å². The number of aromatic nitrogens is 2. The molecule has 1 aliphatic rings. The van der Waals surface area contributed by atoms with Crippen LogP contribution in [0, 0.1) is 0 Å². The van der Waals surface area contributed by atoms with Gasteiger partial charge in [-0.1, -0.05) is 0 Å². The normalized spacial score (nSPS) is 20.4. The number of aromatic carboxylic acids is 1. The van der Waals surface area contributed by atoms with Crippen molar-refractivity contribution >= 4 is 17.7 Å². The topological polar surface area (TPSA) is 83.0 Å². The van der Waals surface area contributed by atoms with Gasteiger partial charge in [-0.15, -0.1) is 0 Å². The Morgan fingerprint density at radius 2 is 2.47 bits per heavy atom. The fraction of sp³-hybridized carbons (Fsp3) is 0.444. The number of thioether (sulfide) groups is 1. The average molecular weight is 226 g/mol. The van der Waals surface area contributed by atoms with Crippen LogP contribution in [0.15, 0.2) is 10.9 Å². The minimum atomic E-state index is -1.16. The van der Waals surface area contributed by atoms with Crippen molar-refractivity contribution in [3.05, 3.63) is 27.9 Å². The lowest BCUT2D eigenvalue weighted by Gasteiger charge is -2.07. The Morgan fingerprint density at radius 1 is 1.67 bits per heavy atom. The molecular formula is C9H10N2O3S.